The first-order chi connectivity index (χ1) is 17.7. The quantitative estimate of drug-likeness (QED) is 0.327. The first-order valence-electron chi connectivity index (χ1n) is 13.6. The van der Waals surface area contributed by atoms with Crippen molar-refractivity contribution in [3.05, 3.63) is 70.3 Å². The van der Waals surface area contributed by atoms with E-state index in [2.05, 4.69) is 79.2 Å². The average molecular weight is 498 g/mol. The maximum atomic E-state index is 12.9. The smallest absolute Gasteiger partial charge is 0.224 e. The van der Waals surface area contributed by atoms with Crippen molar-refractivity contribution in [2.24, 2.45) is 0 Å². The molecule has 194 valence electrons. The molecule has 0 bridgehead atoms. The number of piperidine rings is 1. The standard InChI is InChI=1S/C31H39N5O/c1-19(2)30-27-18-25(7-8-28(27)33-31(30)26-16-20(3)32-21(4)17-26)24-9-12-35(13-10-24)29(37)11-14-36-23(6)15-22(5)34-36/h7-8,15-19,24,33H,9-14H2,1-6H3. The fourth-order valence-electron chi connectivity index (χ4n) is 6.01. The molecule has 0 aliphatic carbocycles. The van der Waals surface area contributed by atoms with Gasteiger partial charge < -0.3 is 9.88 Å². The molecule has 1 aliphatic heterocycles. The molecule has 0 radical (unpaired) electrons. The highest BCUT2D eigenvalue weighted by atomic mass is 16.2. The third-order valence-corrected chi connectivity index (χ3v) is 7.77. The maximum Gasteiger partial charge on any atom is 0.224 e. The molecule has 3 aromatic heterocycles. The Morgan fingerprint density at radius 2 is 1.70 bits per heavy atom. The lowest BCUT2D eigenvalue weighted by molar-refractivity contribution is -0.132. The lowest BCUT2D eigenvalue weighted by Gasteiger charge is -2.32. The van der Waals surface area contributed by atoms with Crippen LogP contribution in [0.25, 0.3) is 22.2 Å². The highest BCUT2D eigenvalue weighted by Gasteiger charge is 2.25. The van der Waals surface area contributed by atoms with Crippen molar-refractivity contribution in [3.63, 3.8) is 0 Å². The Morgan fingerprint density at radius 1 is 1.00 bits per heavy atom. The minimum absolute atomic E-state index is 0.238. The number of nitrogens with one attached hydrogen (secondary N) is 1. The van der Waals surface area contributed by atoms with Gasteiger partial charge in [0.1, 0.15) is 0 Å². The Labute approximate surface area is 220 Å². The van der Waals surface area contributed by atoms with Gasteiger partial charge in [-0.05, 0) is 93.8 Å². The van der Waals surface area contributed by atoms with E-state index in [1.165, 1.54) is 33.3 Å². The van der Waals surface area contributed by atoms with E-state index >= 15 is 0 Å². The van der Waals surface area contributed by atoms with Crippen molar-refractivity contribution in [2.75, 3.05) is 13.1 Å². The van der Waals surface area contributed by atoms with Crippen LogP contribution in [-0.2, 0) is 11.3 Å². The maximum absolute atomic E-state index is 12.9. The summed E-state index contributed by atoms with van der Waals surface area (Å²) >= 11 is 0. The Bertz CT molecular complexity index is 1420. The summed E-state index contributed by atoms with van der Waals surface area (Å²) in [6, 6.07) is 13.3. The molecule has 1 amide bonds. The van der Waals surface area contributed by atoms with Crippen LogP contribution in [0, 0.1) is 27.7 Å². The van der Waals surface area contributed by atoms with Gasteiger partial charge in [0.05, 0.1) is 11.4 Å². The summed E-state index contributed by atoms with van der Waals surface area (Å²) in [4.78, 5) is 23.2. The number of H-pyrrole nitrogens is 1. The predicted molar refractivity (Wildman–Crippen MR) is 150 cm³/mol. The van der Waals surface area contributed by atoms with Gasteiger partial charge in [-0.15, -0.1) is 0 Å². The topological polar surface area (TPSA) is 66.8 Å². The van der Waals surface area contributed by atoms with Gasteiger partial charge in [-0.25, -0.2) is 0 Å². The van der Waals surface area contributed by atoms with Gasteiger partial charge in [0.15, 0.2) is 0 Å². The molecule has 0 spiro atoms. The molecule has 6 heteroatoms. The SMILES string of the molecule is Cc1cc(-c2[nH]c3ccc(C4CCN(C(=O)CCn5nc(C)cc5C)CC4)cc3c2C(C)C)cc(C)n1. The van der Waals surface area contributed by atoms with Crippen LogP contribution in [0.1, 0.15) is 78.8 Å². The molecule has 5 rings (SSSR count). The number of likely N-dealkylation sites (tertiary alicyclic amines) is 1. The van der Waals surface area contributed by atoms with Crippen LogP contribution in [0.2, 0.25) is 0 Å². The monoisotopic (exact) mass is 497 g/mol. The van der Waals surface area contributed by atoms with E-state index in [4.69, 9.17) is 0 Å². The summed E-state index contributed by atoms with van der Waals surface area (Å²) in [6.45, 7) is 15.0. The van der Waals surface area contributed by atoms with E-state index in [-0.39, 0.29) is 5.91 Å². The van der Waals surface area contributed by atoms with Crippen LogP contribution < -0.4 is 0 Å². The minimum Gasteiger partial charge on any atom is -0.354 e. The zero-order valence-corrected chi connectivity index (χ0v) is 23.1. The van der Waals surface area contributed by atoms with Crippen molar-refractivity contribution >= 4 is 16.8 Å². The molecule has 1 fully saturated rings. The van der Waals surface area contributed by atoms with E-state index < -0.39 is 0 Å². The van der Waals surface area contributed by atoms with Crippen LogP contribution in [-0.4, -0.2) is 43.6 Å². The van der Waals surface area contributed by atoms with E-state index in [9.17, 15) is 4.79 Å². The number of fused-ring (bicyclic) bond motifs is 1. The summed E-state index contributed by atoms with van der Waals surface area (Å²) in [6.07, 6.45) is 2.53. The summed E-state index contributed by atoms with van der Waals surface area (Å²) in [5.74, 6) is 1.12. The predicted octanol–water partition coefficient (Wildman–Crippen LogP) is 6.58. The molecule has 0 atom stereocenters. The Hall–Kier alpha value is -3.41. The summed E-state index contributed by atoms with van der Waals surface area (Å²) < 4.78 is 1.95. The highest BCUT2D eigenvalue weighted by Crippen LogP contribution is 2.38. The third-order valence-electron chi connectivity index (χ3n) is 7.77. The number of hydrogen-bond acceptors (Lipinski definition) is 3. The number of benzene rings is 1. The summed E-state index contributed by atoms with van der Waals surface area (Å²) in [5, 5.41) is 5.81. The number of carbonyl (C=O) groups is 1. The molecule has 0 unspecified atom stereocenters. The molecule has 1 N–H and O–H groups in total. The van der Waals surface area contributed by atoms with Crippen molar-refractivity contribution in [1.82, 2.24) is 24.6 Å². The second-order valence-electron chi connectivity index (χ2n) is 11.1. The first kappa shape index (κ1) is 25.2. The first-order valence-corrected chi connectivity index (χ1v) is 13.6. The van der Waals surface area contributed by atoms with Gasteiger partial charge in [-0.2, -0.15) is 5.10 Å². The summed E-state index contributed by atoms with van der Waals surface area (Å²) in [7, 11) is 0. The third kappa shape index (κ3) is 5.20. The van der Waals surface area contributed by atoms with Gasteiger partial charge in [0.2, 0.25) is 5.91 Å². The molecule has 6 nitrogen and oxygen atoms in total. The average Bonchev–Trinajstić information content (AvgIpc) is 3.40. The molecule has 37 heavy (non-hydrogen) atoms. The van der Waals surface area contributed by atoms with Gasteiger partial charge in [0.25, 0.3) is 0 Å². The number of rotatable bonds is 6. The van der Waals surface area contributed by atoms with E-state index in [0.29, 0.717) is 24.8 Å². The Balaban J connectivity index is 1.31. The number of nitrogens with zero attached hydrogens (tertiary/aromatic N) is 4. The number of aromatic nitrogens is 4. The van der Waals surface area contributed by atoms with Crippen molar-refractivity contribution in [3.8, 4) is 11.3 Å². The zero-order valence-electron chi connectivity index (χ0n) is 23.1. The van der Waals surface area contributed by atoms with Crippen LogP contribution in [0.4, 0.5) is 0 Å². The van der Waals surface area contributed by atoms with Crippen LogP contribution in [0.3, 0.4) is 0 Å². The molecule has 1 aromatic carbocycles. The second kappa shape index (κ2) is 10.2. The van der Waals surface area contributed by atoms with Crippen molar-refractivity contribution in [1.29, 1.82) is 0 Å². The number of amides is 1. The zero-order chi connectivity index (χ0) is 26.3. The number of aromatic amines is 1. The molecular formula is C31H39N5O. The van der Waals surface area contributed by atoms with Gasteiger partial charge in [0, 0.05) is 59.6 Å². The molecule has 0 saturated carbocycles. The van der Waals surface area contributed by atoms with Crippen molar-refractivity contribution in [2.45, 2.75) is 79.2 Å². The van der Waals surface area contributed by atoms with E-state index in [1.807, 2.05) is 23.4 Å². The lowest BCUT2D eigenvalue weighted by Crippen LogP contribution is -2.38. The number of carbonyl (C=O) groups excluding carboxylic acids is 1. The van der Waals surface area contributed by atoms with Gasteiger partial charge in [-0.1, -0.05) is 19.9 Å². The number of hydrogen-bond donors (Lipinski definition) is 1. The van der Waals surface area contributed by atoms with Crippen LogP contribution >= 0.6 is 0 Å². The second-order valence-corrected chi connectivity index (χ2v) is 11.1. The number of pyridine rings is 1. The van der Waals surface area contributed by atoms with E-state index in [1.54, 1.807) is 0 Å². The number of aryl methyl sites for hydroxylation is 5. The van der Waals surface area contributed by atoms with Crippen molar-refractivity contribution < 1.29 is 4.79 Å². The van der Waals surface area contributed by atoms with Gasteiger partial charge in [-0.3, -0.25) is 14.5 Å². The molecular weight excluding hydrogens is 458 g/mol. The van der Waals surface area contributed by atoms with Crippen LogP contribution in [0.5, 0.6) is 0 Å². The largest absolute Gasteiger partial charge is 0.354 e. The normalized spacial score (nSPS) is 14.7. The molecule has 1 aliphatic rings. The molecule has 4 aromatic rings. The molecule has 1 saturated heterocycles. The van der Waals surface area contributed by atoms with Crippen LogP contribution in [0.15, 0.2) is 36.4 Å². The lowest BCUT2D eigenvalue weighted by atomic mass is 9.87. The fraction of sp³-hybridized carbons (Fsp3) is 0.452. The summed E-state index contributed by atoms with van der Waals surface area (Å²) in [5.41, 5.74) is 10.6. The minimum atomic E-state index is 0.238. The molecule has 4 heterocycles. The Morgan fingerprint density at radius 3 is 2.32 bits per heavy atom. The Kier molecular flexibility index (Phi) is 6.93. The fourth-order valence-corrected chi connectivity index (χ4v) is 6.01. The van der Waals surface area contributed by atoms with Gasteiger partial charge >= 0.3 is 0 Å². The van der Waals surface area contributed by atoms with E-state index in [0.717, 1.165) is 48.7 Å². The highest BCUT2D eigenvalue weighted by molar-refractivity contribution is 5.92.